The van der Waals surface area contributed by atoms with Crippen LogP contribution < -0.4 is 0 Å². The second-order valence-electron chi connectivity index (χ2n) is 11.7. The van der Waals surface area contributed by atoms with Gasteiger partial charge < -0.3 is 19.0 Å². The molecule has 1 aromatic rings. The summed E-state index contributed by atoms with van der Waals surface area (Å²) in [5, 5.41) is 11.0. The highest BCUT2D eigenvalue weighted by atomic mass is 28.4. The summed E-state index contributed by atoms with van der Waals surface area (Å²) in [6, 6.07) is 10.5. The van der Waals surface area contributed by atoms with Gasteiger partial charge in [-0.2, -0.15) is 0 Å². The SMILES string of the molecule is CC(C)(C)[Si](C)(C)O[C@@](C)(C#C[C@H]1[C@@H]2CC3(OCCO3)[C@@H]2CC[C@@H]1O)Cc1ccccc1. The van der Waals surface area contributed by atoms with Crippen LogP contribution in [0.15, 0.2) is 30.3 Å². The molecule has 2 saturated carbocycles. The van der Waals surface area contributed by atoms with Gasteiger partial charge in [-0.1, -0.05) is 62.9 Å². The Morgan fingerprint density at radius 1 is 1.09 bits per heavy atom. The molecule has 1 heterocycles. The molecule has 32 heavy (non-hydrogen) atoms. The van der Waals surface area contributed by atoms with Crippen LogP contribution in [0.2, 0.25) is 18.1 Å². The second-order valence-corrected chi connectivity index (χ2v) is 16.4. The van der Waals surface area contributed by atoms with Crippen LogP contribution in [0.4, 0.5) is 0 Å². The number of hydrogen-bond acceptors (Lipinski definition) is 4. The fraction of sp³-hybridized carbons (Fsp3) is 0.704. The Balaban J connectivity index is 1.59. The van der Waals surface area contributed by atoms with Crippen molar-refractivity contribution in [2.24, 2.45) is 17.8 Å². The first kappa shape index (κ1) is 24.0. The minimum atomic E-state index is -2.05. The Hall–Kier alpha value is -1.16. The summed E-state index contributed by atoms with van der Waals surface area (Å²) in [4.78, 5) is 0. The maximum Gasteiger partial charge on any atom is 0.194 e. The summed E-state index contributed by atoms with van der Waals surface area (Å²) < 4.78 is 18.9. The van der Waals surface area contributed by atoms with E-state index >= 15 is 0 Å². The van der Waals surface area contributed by atoms with E-state index in [0.29, 0.717) is 25.0 Å². The van der Waals surface area contributed by atoms with Crippen molar-refractivity contribution in [3.8, 4) is 11.8 Å². The molecule has 0 radical (unpaired) electrons. The molecular formula is C27H40O4Si. The average molecular weight is 457 g/mol. The van der Waals surface area contributed by atoms with Crippen molar-refractivity contribution in [1.29, 1.82) is 0 Å². The molecule has 1 N–H and O–H groups in total. The molecule has 4 rings (SSSR count). The number of hydrogen-bond donors (Lipinski definition) is 1. The quantitative estimate of drug-likeness (QED) is 0.502. The summed E-state index contributed by atoms with van der Waals surface area (Å²) >= 11 is 0. The van der Waals surface area contributed by atoms with Gasteiger partial charge in [0.2, 0.25) is 0 Å². The fourth-order valence-electron chi connectivity index (χ4n) is 5.46. The highest BCUT2D eigenvalue weighted by Crippen LogP contribution is 2.57. The number of aliphatic hydroxyl groups is 1. The standard InChI is InChI=1S/C27H40O4Si/c1-25(2,3)32(5,6)31-26(4,18-20-10-8-7-9-11-20)15-14-21-22-19-27(29-16-17-30-27)23(22)12-13-24(21)28/h7-11,21-24,28H,12-13,16-19H2,1-6H3/t21-,22-,23+,24-,26-/m0/s1. The molecular weight excluding hydrogens is 416 g/mol. The minimum absolute atomic E-state index is 0.0507. The fourth-order valence-corrected chi connectivity index (χ4v) is 7.02. The number of fused-ring (bicyclic) bond motifs is 2. The predicted molar refractivity (Wildman–Crippen MR) is 130 cm³/mol. The first-order valence-electron chi connectivity index (χ1n) is 12.2. The Bertz CT molecular complexity index is 859. The third kappa shape index (κ3) is 4.58. The molecule has 0 amide bonds. The normalized spacial score (nSPS) is 31.2. The predicted octanol–water partition coefficient (Wildman–Crippen LogP) is 5.16. The minimum Gasteiger partial charge on any atom is -0.401 e. The maximum absolute atomic E-state index is 10.9. The number of ether oxygens (including phenoxy) is 2. The molecule has 3 aliphatic rings. The molecule has 4 nitrogen and oxygen atoms in total. The molecule has 0 aromatic heterocycles. The number of benzene rings is 1. The smallest absolute Gasteiger partial charge is 0.194 e. The molecule has 5 atom stereocenters. The van der Waals surface area contributed by atoms with Crippen molar-refractivity contribution in [1.82, 2.24) is 0 Å². The van der Waals surface area contributed by atoms with Gasteiger partial charge in [-0.05, 0) is 49.4 Å². The van der Waals surface area contributed by atoms with Crippen molar-refractivity contribution in [2.45, 2.75) is 89.0 Å². The Morgan fingerprint density at radius 3 is 2.38 bits per heavy atom. The molecule has 1 saturated heterocycles. The topological polar surface area (TPSA) is 47.9 Å². The highest BCUT2D eigenvalue weighted by molar-refractivity contribution is 6.74. The van der Waals surface area contributed by atoms with Crippen LogP contribution >= 0.6 is 0 Å². The van der Waals surface area contributed by atoms with Gasteiger partial charge in [-0.15, -0.1) is 0 Å². The van der Waals surface area contributed by atoms with Gasteiger partial charge in [0.05, 0.1) is 19.3 Å². The van der Waals surface area contributed by atoms with Gasteiger partial charge >= 0.3 is 0 Å². The lowest BCUT2D eigenvalue weighted by molar-refractivity contribution is -0.296. The molecule has 176 valence electrons. The monoisotopic (exact) mass is 456 g/mol. The van der Waals surface area contributed by atoms with E-state index in [9.17, 15) is 5.11 Å². The van der Waals surface area contributed by atoms with E-state index in [2.05, 4.69) is 76.9 Å². The van der Waals surface area contributed by atoms with E-state index in [1.54, 1.807) is 0 Å². The zero-order valence-electron chi connectivity index (χ0n) is 20.6. The lowest BCUT2D eigenvalue weighted by atomic mass is 9.56. The van der Waals surface area contributed by atoms with Crippen LogP contribution in [0.5, 0.6) is 0 Å². The molecule has 2 aliphatic carbocycles. The molecule has 1 spiro atoms. The van der Waals surface area contributed by atoms with Gasteiger partial charge in [0.1, 0.15) is 5.60 Å². The van der Waals surface area contributed by atoms with Gasteiger partial charge in [0.15, 0.2) is 14.1 Å². The lowest BCUT2D eigenvalue weighted by Crippen LogP contribution is -2.60. The Kier molecular flexibility index (Phi) is 6.41. The van der Waals surface area contributed by atoms with E-state index in [0.717, 1.165) is 25.7 Å². The molecule has 1 aliphatic heterocycles. The van der Waals surface area contributed by atoms with Gasteiger partial charge in [-0.25, -0.2) is 0 Å². The molecule has 3 fully saturated rings. The molecule has 0 bridgehead atoms. The van der Waals surface area contributed by atoms with Crippen LogP contribution in [-0.2, 0) is 20.3 Å². The van der Waals surface area contributed by atoms with Crippen LogP contribution in [0.3, 0.4) is 0 Å². The van der Waals surface area contributed by atoms with Crippen LogP contribution in [-0.4, -0.2) is 44.1 Å². The first-order valence-corrected chi connectivity index (χ1v) is 15.1. The third-order valence-corrected chi connectivity index (χ3v) is 12.8. The van der Waals surface area contributed by atoms with E-state index < -0.39 is 25.8 Å². The van der Waals surface area contributed by atoms with E-state index in [1.165, 1.54) is 5.56 Å². The largest absolute Gasteiger partial charge is 0.401 e. The van der Waals surface area contributed by atoms with E-state index in [1.807, 2.05) is 6.07 Å². The number of rotatable bonds is 4. The van der Waals surface area contributed by atoms with Crippen molar-refractivity contribution in [2.75, 3.05) is 13.2 Å². The first-order chi connectivity index (χ1) is 14.9. The van der Waals surface area contributed by atoms with Crippen molar-refractivity contribution >= 4 is 8.32 Å². The summed E-state index contributed by atoms with van der Waals surface area (Å²) in [7, 11) is -2.05. The zero-order valence-corrected chi connectivity index (χ0v) is 21.6. The maximum atomic E-state index is 10.9. The third-order valence-electron chi connectivity index (χ3n) is 8.20. The van der Waals surface area contributed by atoms with Crippen LogP contribution in [0.1, 0.15) is 52.5 Å². The molecule has 1 aromatic carbocycles. The summed E-state index contributed by atoms with van der Waals surface area (Å²) in [5.41, 5.74) is 0.624. The zero-order chi connectivity index (χ0) is 23.2. The van der Waals surface area contributed by atoms with Gasteiger partial charge in [-0.3, -0.25) is 0 Å². The van der Waals surface area contributed by atoms with Crippen LogP contribution in [0.25, 0.3) is 0 Å². The highest BCUT2D eigenvalue weighted by Gasteiger charge is 2.62. The van der Waals surface area contributed by atoms with Crippen molar-refractivity contribution in [3.05, 3.63) is 35.9 Å². The van der Waals surface area contributed by atoms with Gasteiger partial charge in [0, 0.05) is 24.7 Å². The average Bonchev–Trinajstić information content (AvgIpc) is 3.18. The Morgan fingerprint density at radius 2 is 1.75 bits per heavy atom. The lowest BCUT2D eigenvalue weighted by Gasteiger charge is -2.56. The Labute approximate surface area is 195 Å². The van der Waals surface area contributed by atoms with Crippen molar-refractivity contribution in [3.63, 3.8) is 0 Å². The van der Waals surface area contributed by atoms with Gasteiger partial charge in [0.25, 0.3) is 0 Å². The number of aliphatic hydroxyl groups excluding tert-OH is 1. The summed E-state index contributed by atoms with van der Waals surface area (Å²) in [6.45, 7) is 14.9. The van der Waals surface area contributed by atoms with E-state index in [-0.39, 0.29) is 11.0 Å². The van der Waals surface area contributed by atoms with Crippen molar-refractivity contribution < 1.29 is 19.0 Å². The van der Waals surface area contributed by atoms with E-state index in [4.69, 9.17) is 13.9 Å². The molecule has 5 heteroatoms. The summed E-state index contributed by atoms with van der Waals surface area (Å²) in [6.07, 6.45) is 2.89. The second kappa shape index (κ2) is 8.56. The summed E-state index contributed by atoms with van der Waals surface area (Å²) in [5.74, 6) is 7.30. The molecule has 0 unspecified atom stereocenters. The van der Waals surface area contributed by atoms with Crippen LogP contribution in [0, 0.1) is 29.6 Å².